The van der Waals surface area contributed by atoms with Crippen molar-refractivity contribution in [2.24, 2.45) is 0 Å². The SMILES string of the molecule is C[C@@H](O)c1ccc(Br)cc1OCc1cc(F)cc(Br)c1. The Morgan fingerprint density at radius 1 is 1.15 bits per heavy atom. The molecule has 1 N–H and O–H groups in total. The lowest BCUT2D eigenvalue weighted by Gasteiger charge is -2.14. The Hall–Kier alpha value is -0.910. The van der Waals surface area contributed by atoms with Gasteiger partial charge in [-0.25, -0.2) is 4.39 Å². The molecule has 20 heavy (non-hydrogen) atoms. The summed E-state index contributed by atoms with van der Waals surface area (Å²) in [4.78, 5) is 0. The van der Waals surface area contributed by atoms with Crippen molar-refractivity contribution in [3.63, 3.8) is 0 Å². The summed E-state index contributed by atoms with van der Waals surface area (Å²) in [7, 11) is 0. The van der Waals surface area contributed by atoms with Crippen LogP contribution in [-0.4, -0.2) is 5.11 Å². The lowest BCUT2D eigenvalue weighted by Crippen LogP contribution is -2.01. The number of benzene rings is 2. The number of halogens is 3. The van der Waals surface area contributed by atoms with E-state index in [-0.39, 0.29) is 12.4 Å². The Kier molecular flexibility index (Phi) is 5.18. The Morgan fingerprint density at radius 3 is 2.55 bits per heavy atom. The van der Waals surface area contributed by atoms with Gasteiger partial charge in [0.2, 0.25) is 0 Å². The van der Waals surface area contributed by atoms with Gasteiger partial charge in [-0.3, -0.25) is 0 Å². The molecule has 2 rings (SSSR count). The molecule has 0 saturated heterocycles. The fraction of sp³-hybridized carbons (Fsp3) is 0.200. The molecule has 0 bridgehead atoms. The molecule has 1 atom stereocenters. The van der Waals surface area contributed by atoms with Gasteiger partial charge in [-0.05, 0) is 42.8 Å². The molecule has 0 amide bonds. The first-order chi connectivity index (χ1) is 9.45. The van der Waals surface area contributed by atoms with Gasteiger partial charge in [-0.15, -0.1) is 0 Å². The van der Waals surface area contributed by atoms with E-state index in [1.807, 2.05) is 6.07 Å². The van der Waals surface area contributed by atoms with E-state index < -0.39 is 6.10 Å². The van der Waals surface area contributed by atoms with Crippen molar-refractivity contribution in [2.75, 3.05) is 0 Å². The summed E-state index contributed by atoms with van der Waals surface area (Å²) >= 11 is 6.61. The predicted molar refractivity (Wildman–Crippen MR) is 83.2 cm³/mol. The minimum Gasteiger partial charge on any atom is -0.488 e. The third-order valence-electron chi connectivity index (χ3n) is 2.74. The molecule has 2 aromatic rings. The fourth-order valence-electron chi connectivity index (χ4n) is 1.83. The van der Waals surface area contributed by atoms with Crippen LogP contribution in [0.5, 0.6) is 5.75 Å². The van der Waals surface area contributed by atoms with Crippen molar-refractivity contribution >= 4 is 31.9 Å². The topological polar surface area (TPSA) is 29.5 Å². The maximum absolute atomic E-state index is 13.3. The maximum atomic E-state index is 13.3. The number of hydrogen-bond acceptors (Lipinski definition) is 2. The van der Waals surface area contributed by atoms with Gasteiger partial charge in [0.1, 0.15) is 18.2 Å². The molecular formula is C15H13Br2FO2. The first-order valence-electron chi connectivity index (χ1n) is 6.01. The van der Waals surface area contributed by atoms with Crippen LogP contribution in [0.1, 0.15) is 24.2 Å². The van der Waals surface area contributed by atoms with Gasteiger partial charge >= 0.3 is 0 Å². The van der Waals surface area contributed by atoms with Crippen LogP contribution >= 0.6 is 31.9 Å². The lowest BCUT2D eigenvalue weighted by molar-refractivity contribution is 0.190. The summed E-state index contributed by atoms with van der Waals surface area (Å²) in [6, 6.07) is 10.0. The Bertz CT molecular complexity index is 595. The summed E-state index contributed by atoms with van der Waals surface area (Å²) in [6.45, 7) is 1.90. The first kappa shape index (κ1) is 15.5. The van der Waals surface area contributed by atoms with Gasteiger partial charge in [-0.2, -0.15) is 0 Å². The minimum atomic E-state index is -0.627. The molecule has 0 saturated carbocycles. The van der Waals surface area contributed by atoms with Crippen LogP contribution in [-0.2, 0) is 6.61 Å². The van der Waals surface area contributed by atoms with Crippen LogP contribution in [0.25, 0.3) is 0 Å². The maximum Gasteiger partial charge on any atom is 0.126 e. The van der Waals surface area contributed by atoms with Crippen LogP contribution in [0.3, 0.4) is 0 Å². The van der Waals surface area contributed by atoms with Crippen LogP contribution in [0.4, 0.5) is 4.39 Å². The average molecular weight is 404 g/mol. The van der Waals surface area contributed by atoms with Gasteiger partial charge in [0.15, 0.2) is 0 Å². The van der Waals surface area contributed by atoms with Gasteiger partial charge in [-0.1, -0.05) is 37.9 Å². The van der Waals surface area contributed by atoms with Crippen molar-refractivity contribution in [3.05, 3.63) is 62.3 Å². The van der Waals surface area contributed by atoms with Crippen LogP contribution in [0.2, 0.25) is 0 Å². The van der Waals surface area contributed by atoms with E-state index in [4.69, 9.17) is 4.74 Å². The number of hydrogen-bond donors (Lipinski definition) is 1. The van der Waals surface area contributed by atoms with Crippen molar-refractivity contribution in [2.45, 2.75) is 19.6 Å². The molecule has 2 nitrogen and oxygen atoms in total. The highest BCUT2D eigenvalue weighted by atomic mass is 79.9. The summed E-state index contributed by atoms with van der Waals surface area (Å²) in [6.07, 6.45) is -0.627. The zero-order valence-corrected chi connectivity index (χ0v) is 13.9. The number of aliphatic hydroxyl groups is 1. The molecule has 106 valence electrons. The molecule has 0 heterocycles. The third-order valence-corrected chi connectivity index (χ3v) is 3.69. The highest BCUT2D eigenvalue weighted by Crippen LogP contribution is 2.29. The Labute approximate surface area is 133 Å². The van der Waals surface area contributed by atoms with E-state index in [0.29, 0.717) is 21.3 Å². The molecule has 0 unspecified atom stereocenters. The third kappa shape index (κ3) is 4.04. The fourth-order valence-corrected chi connectivity index (χ4v) is 2.69. The summed E-state index contributed by atoms with van der Waals surface area (Å²) in [5.41, 5.74) is 1.41. The zero-order chi connectivity index (χ0) is 14.7. The Morgan fingerprint density at radius 2 is 1.90 bits per heavy atom. The normalized spacial score (nSPS) is 12.2. The van der Waals surface area contributed by atoms with E-state index in [2.05, 4.69) is 31.9 Å². The van der Waals surface area contributed by atoms with E-state index in [0.717, 1.165) is 4.47 Å². The van der Waals surface area contributed by atoms with Crippen molar-refractivity contribution in [1.29, 1.82) is 0 Å². The summed E-state index contributed by atoms with van der Waals surface area (Å²) < 4.78 is 20.5. The smallest absolute Gasteiger partial charge is 0.126 e. The molecule has 0 fully saturated rings. The molecule has 0 aliphatic carbocycles. The molecule has 0 aromatic heterocycles. The molecule has 2 aromatic carbocycles. The average Bonchev–Trinajstić information content (AvgIpc) is 2.35. The monoisotopic (exact) mass is 402 g/mol. The lowest BCUT2D eigenvalue weighted by atomic mass is 10.1. The van der Waals surface area contributed by atoms with Gasteiger partial charge in [0.05, 0.1) is 6.10 Å². The van der Waals surface area contributed by atoms with Crippen LogP contribution < -0.4 is 4.74 Å². The number of aliphatic hydroxyl groups excluding tert-OH is 1. The quantitative estimate of drug-likeness (QED) is 0.779. The first-order valence-corrected chi connectivity index (χ1v) is 7.59. The van der Waals surface area contributed by atoms with Gasteiger partial charge in [0.25, 0.3) is 0 Å². The second-order valence-corrected chi connectivity index (χ2v) is 6.26. The van der Waals surface area contributed by atoms with E-state index in [1.54, 1.807) is 25.1 Å². The van der Waals surface area contributed by atoms with Crippen LogP contribution in [0, 0.1) is 5.82 Å². The van der Waals surface area contributed by atoms with Crippen molar-refractivity contribution < 1.29 is 14.2 Å². The largest absolute Gasteiger partial charge is 0.488 e. The van der Waals surface area contributed by atoms with E-state index >= 15 is 0 Å². The minimum absolute atomic E-state index is 0.229. The van der Waals surface area contributed by atoms with Crippen molar-refractivity contribution in [3.8, 4) is 5.75 Å². The highest BCUT2D eigenvalue weighted by molar-refractivity contribution is 9.10. The van der Waals surface area contributed by atoms with Crippen molar-refractivity contribution in [1.82, 2.24) is 0 Å². The van der Waals surface area contributed by atoms with E-state index in [9.17, 15) is 9.50 Å². The number of rotatable bonds is 4. The second kappa shape index (κ2) is 6.70. The second-order valence-electron chi connectivity index (χ2n) is 4.42. The molecule has 5 heteroatoms. The zero-order valence-electron chi connectivity index (χ0n) is 10.7. The van der Waals surface area contributed by atoms with Gasteiger partial charge in [0, 0.05) is 14.5 Å². The molecular weight excluding hydrogens is 391 g/mol. The van der Waals surface area contributed by atoms with Gasteiger partial charge < -0.3 is 9.84 Å². The summed E-state index contributed by atoms with van der Waals surface area (Å²) in [5.74, 6) is 0.262. The molecule has 0 radical (unpaired) electrons. The summed E-state index contributed by atoms with van der Waals surface area (Å²) in [5, 5.41) is 9.72. The molecule has 0 aliphatic heterocycles. The molecule has 0 spiro atoms. The van der Waals surface area contributed by atoms with E-state index in [1.165, 1.54) is 12.1 Å². The molecule has 0 aliphatic rings. The highest BCUT2D eigenvalue weighted by Gasteiger charge is 2.10. The number of ether oxygens (including phenoxy) is 1. The standard InChI is InChI=1S/C15H13Br2FO2/c1-9(19)14-3-2-11(16)7-15(14)20-8-10-4-12(17)6-13(18)5-10/h2-7,9,19H,8H2,1H3/t9-/m1/s1. The van der Waals surface area contributed by atoms with Crippen LogP contribution in [0.15, 0.2) is 45.3 Å². The predicted octanol–water partition coefficient (Wildman–Crippen LogP) is 4.98. The Balaban J connectivity index is 2.20.